The molecule has 8 heavy (non-hydrogen) atoms. The first-order chi connectivity index (χ1) is 3.30. The fourth-order valence-electron chi connectivity index (χ4n) is 0.596. The second-order valence-electron chi connectivity index (χ2n) is 1.86. The number of esters is 1. The Hall–Kier alpha value is -0.240. The summed E-state index contributed by atoms with van der Waals surface area (Å²) < 4.78 is 4.63. The summed E-state index contributed by atoms with van der Waals surface area (Å²) in [5, 5.41) is 0. The Labute approximate surface area is 54.6 Å². The van der Waals surface area contributed by atoms with Crippen molar-refractivity contribution in [2.75, 3.05) is 6.61 Å². The molecule has 1 aliphatic rings. The van der Waals surface area contributed by atoms with Crippen molar-refractivity contribution in [1.82, 2.24) is 0 Å². The highest BCUT2D eigenvalue weighted by atomic mass is 35.5. The van der Waals surface area contributed by atoms with E-state index in [4.69, 9.17) is 0 Å². The summed E-state index contributed by atoms with van der Waals surface area (Å²) in [5.74, 6) is 0.111. The van der Waals surface area contributed by atoms with E-state index in [-0.39, 0.29) is 24.3 Å². The number of ether oxygens (including phenoxy) is 1. The summed E-state index contributed by atoms with van der Waals surface area (Å²) in [5.41, 5.74) is 0. The maximum atomic E-state index is 10.4. The van der Waals surface area contributed by atoms with E-state index in [1.54, 1.807) is 0 Å². The van der Waals surface area contributed by atoms with Gasteiger partial charge in [-0.05, 0) is 6.42 Å². The molecular formula is C5H9ClO2. The third-order valence-electron chi connectivity index (χ3n) is 1.20. The lowest BCUT2D eigenvalue weighted by Gasteiger charge is -1.88. The molecule has 1 saturated heterocycles. The maximum absolute atomic E-state index is 10.4. The quantitative estimate of drug-likeness (QED) is 0.465. The molecule has 48 valence electrons. The minimum absolute atomic E-state index is 0. The molecule has 0 amide bonds. The normalized spacial score (nSPS) is 26.6. The van der Waals surface area contributed by atoms with Gasteiger partial charge in [-0.15, -0.1) is 12.4 Å². The van der Waals surface area contributed by atoms with Crippen LogP contribution >= 0.6 is 12.4 Å². The molecule has 0 aromatic heterocycles. The molecule has 0 radical (unpaired) electrons. The van der Waals surface area contributed by atoms with Crippen LogP contribution in [0.5, 0.6) is 0 Å². The monoisotopic (exact) mass is 136 g/mol. The van der Waals surface area contributed by atoms with Crippen molar-refractivity contribution in [2.24, 2.45) is 5.92 Å². The van der Waals surface area contributed by atoms with Crippen LogP contribution in [0.25, 0.3) is 0 Å². The summed E-state index contributed by atoms with van der Waals surface area (Å²) in [4.78, 5) is 10.4. The Morgan fingerprint density at radius 3 is 2.50 bits per heavy atom. The molecule has 0 N–H and O–H groups in total. The average molecular weight is 137 g/mol. The van der Waals surface area contributed by atoms with Gasteiger partial charge in [0.2, 0.25) is 0 Å². The van der Waals surface area contributed by atoms with Gasteiger partial charge in [-0.2, -0.15) is 0 Å². The van der Waals surface area contributed by atoms with Gasteiger partial charge in [0.25, 0.3) is 0 Å². The van der Waals surface area contributed by atoms with Crippen molar-refractivity contribution in [3.8, 4) is 0 Å². The van der Waals surface area contributed by atoms with Gasteiger partial charge in [0.05, 0.1) is 12.5 Å². The summed E-state index contributed by atoms with van der Waals surface area (Å²) in [7, 11) is 0. The zero-order valence-corrected chi connectivity index (χ0v) is 5.53. The largest absolute Gasteiger partial charge is 0.465 e. The van der Waals surface area contributed by atoms with Crippen molar-refractivity contribution in [1.29, 1.82) is 0 Å². The minimum atomic E-state index is -0.0417. The van der Waals surface area contributed by atoms with Crippen LogP contribution in [0, 0.1) is 5.92 Å². The molecule has 0 spiro atoms. The van der Waals surface area contributed by atoms with Gasteiger partial charge in [0, 0.05) is 0 Å². The second-order valence-corrected chi connectivity index (χ2v) is 1.86. The lowest BCUT2D eigenvalue weighted by molar-refractivity contribution is -0.140. The van der Waals surface area contributed by atoms with Crippen molar-refractivity contribution in [2.45, 2.75) is 13.3 Å². The zero-order valence-electron chi connectivity index (χ0n) is 4.72. The predicted octanol–water partition coefficient (Wildman–Crippen LogP) is 0.991. The number of cyclic esters (lactones) is 1. The zero-order chi connectivity index (χ0) is 5.28. The molecule has 1 heterocycles. The Bertz CT molecular complexity index is 92.4. The molecular weight excluding hydrogens is 128 g/mol. The van der Waals surface area contributed by atoms with Crippen LogP contribution in [0.4, 0.5) is 0 Å². The number of halogens is 1. The standard InChI is InChI=1S/C5H8O2.ClH/c1-4-2-3-7-5(4)6;/h4H,2-3H2,1H3;1H. The van der Waals surface area contributed by atoms with E-state index in [1.807, 2.05) is 6.92 Å². The summed E-state index contributed by atoms with van der Waals surface area (Å²) in [6.07, 6.45) is 0.902. The van der Waals surface area contributed by atoms with Crippen molar-refractivity contribution < 1.29 is 9.53 Å². The van der Waals surface area contributed by atoms with Gasteiger partial charge in [-0.1, -0.05) is 6.92 Å². The first-order valence-electron chi connectivity index (χ1n) is 2.47. The molecule has 0 bridgehead atoms. The molecule has 1 rings (SSSR count). The average Bonchev–Trinajstić information content (AvgIpc) is 1.91. The van der Waals surface area contributed by atoms with Gasteiger partial charge >= 0.3 is 5.97 Å². The van der Waals surface area contributed by atoms with Gasteiger partial charge in [-0.25, -0.2) is 0 Å². The highest BCUT2D eigenvalue weighted by Crippen LogP contribution is 2.11. The van der Waals surface area contributed by atoms with E-state index in [2.05, 4.69) is 4.74 Å². The summed E-state index contributed by atoms with van der Waals surface area (Å²) >= 11 is 0. The smallest absolute Gasteiger partial charge is 0.308 e. The van der Waals surface area contributed by atoms with E-state index >= 15 is 0 Å². The van der Waals surface area contributed by atoms with Crippen LogP contribution in [0.15, 0.2) is 0 Å². The molecule has 0 aromatic carbocycles. The minimum Gasteiger partial charge on any atom is -0.465 e. The van der Waals surface area contributed by atoms with Crippen molar-refractivity contribution in [3.63, 3.8) is 0 Å². The predicted molar refractivity (Wildman–Crippen MR) is 32.0 cm³/mol. The maximum Gasteiger partial charge on any atom is 0.308 e. The topological polar surface area (TPSA) is 26.3 Å². The molecule has 0 aromatic rings. The number of hydrogen-bond donors (Lipinski definition) is 0. The van der Waals surface area contributed by atoms with Crippen LogP contribution in [-0.2, 0) is 9.53 Å². The molecule has 1 unspecified atom stereocenters. The molecule has 2 nitrogen and oxygen atoms in total. The van der Waals surface area contributed by atoms with Crippen molar-refractivity contribution >= 4 is 18.4 Å². The highest BCUT2D eigenvalue weighted by molar-refractivity contribution is 5.85. The number of carbonyl (C=O) groups is 1. The number of rotatable bonds is 0. The van der Waals surface area contributed by atoms with Gasteiger partial charge in [0.1, 0.15) is 0 Å². The van der Waals surface area contributed by atoms with E-state index in [0.29, 0.717) is 6.61 Å². The lowest BCUT2D eigenvalue weighted by Crippen LogP contribution is -2.00. The SMILES string of the molecule is CC1CCOC1=O.Cl. The number of carbonyl (C=O) groups excluding carboxylic acids is 1. The van der Waals surface area contributed by atoms with Crippen molar-refractivity contribution in [3.05, 3.63) is 0 Å². The van der Waals surface area contributed by atoms with Crippen LogP contribution in [-0.4, -0.2) is 12.6 Å². The van der Waals surface area contributed by atoms with E-state index in [9.17, 15) is 4.79 Å². The van der Waals surface area contributed by atoms with Crippen LogP contribution < -0.4 is 0 Å². The van der Waals surface area contributed by atoms with E-state index < -0.39 is 0 Å². The third kappa shape index (κ3) is 1.37. The van der Waals surface area contributed by atoms with E-state index in [1.165, 1.54) is 0 Å². The van der Waals surface area contributed by atoms with Crippen LogP contribution in [0.1, 0.15) is 13.3 Å². The molecule has 0 aliphatic carbocycles. The Balaban J connectivity index is 0.000000490. The summed E-state index contributed by atoms with van der Waals surface area (Å²) in [6, 6.07) is 0. The fraction of sp³-hybridized carbons (Fsp3) is 0.800. The Morgan fingerprint density at radius 2 is 2.38 bits per heavy atom. The Kier molecular flexibility index (Phi) is 2.84. The molecule has 1 atom stereocenters. The molecule has 3 heteroatoms. The van der Waals surface area contributed by atoms with E-state index in [0.717, 1.165) is 6.42 Å². The first-order valence-corrected chi connectivity index (χ1v) is 2.47. The molecule has 1 fully saturated rings. The lowest BCUT2D eigenvalue weighted by atomic mass is 10.2. The number of hydrogen-bond acceptors (Lipinski definition) is 2. The van der Waals surface area contributed by atoms with Gasteiger partial charge in [-0.3, -0.25) is 4.79 Å². The highest BCUT2D eigenvalue weighted by Gasteiger charge is 2.20. The molecule has 1 aliphatic heterocycles. The summed E-state index contributed by atoms with van der Waals surface area (Å²) in [6.45, 7) is 2.51. The fourth-order valence-corrected chi connectivity index (χ4v) is 0.596. The van der Waals surface area contributed by atoms with Gasteiger partial charge < -0.3 is 4.74 Å². The molecule has 0 saturated carbocycles. The van der Waals surface area contributed by atoms with Crippen LogP contribution in [0.3, 0.4) is 0 Å². The Morgan fingerprint density at radius 1 is 1.75 bits per heavy atom. The van der Waals surface area contributed by atoms with Crippen LogP contribution in [0.2, 0.25) is 0 Å². The third-order valence-corrected chi connectivity index (χ3v) is 1.20. The first kappa shape index (κ1) is 7.76. The second kappa shape index (κ2) is 2.92. The van der Waals surface area contributed by atoms with Gasteiger partial charge in [0.15, 0.2) is 0 Å².